The molecule has 5 nitrogen and oxygen atoms in total. The molecule has 1 N–H and O–H groups in total. The first kappa shape index (κ1) is 20.5. The Kier molecular flexibility index (Phi) is 6.78. The molecule has 0 spiro atoms. The van der Waals surface area contributed by atoms with E-state index < -0.39 is 0 Å². The molecule has 2 amide bonds. The SMILES string of the molecule is CN(C)CCNC(=O)CN1C(=O)/C(=C\c2ccc(Cl)cc2)Sc2ccccc21. The van der Waals surface area contributed by atoms with Gasteiger partial charge in [-0.2, -0.15) is 0 Å². The van der Waals surface area contributed by atoms with E-state index in [9.17, 15) is 9.59 Å². The first-order chi connectivity index (χ1) is 13.4. The van der Waals surface area contributed by atoms with Gasteiger partial charge in [0.15, 0.2) is 0 Å². The molecule has 0 saturated carbocycles. The Balaban J connectivity index is 1.82. The number of hydrogen-bond donors (Lipinski definition) is 1. The average Bonchev–Trinajstić information content (AvgIpc) is 2.66. The molecule has 0 saturated heterocycles. The van der Waals surface area contributed by atoms with Gasteiger partial charge in [-0.3, -0.25) is 14.5 Å². The number of thioether (sulfide) groups is 1. The molecule has 0 aromatic heterocycles. The fraction of sp³-hybridized carbons (Fsp3) is 0.238. The zero-order valence-corrected chi connectivity index (χ0v) is 17.4. The topological polar surface area (TPSA) is 52.7 Å². The molecule has 3 rings (SSSR count). The summed E-state index contributed by atoms with van der Waals surface area (Å²) in [6, 6.07) is 14.9. The Hall–Kier alpha value is -2.28. The minimum atomic E-state index is -0.179. The largest absolute Gasteiger partial charge is 0.353 e. The fourth-order valence-electron chi connectivity index (χ4n) is 2.75. The number of anilines is 1. The van der Waals surface area contributed by atoms with Gasteiger partial charge in [-0.25, -0.2) is 0 Å². The number of amides is 2. The zero-order chi connectivity index (χ0) is 20.1. The highest BCUT2D eigenvalue weighted by Crippen LogP contribution is 2.41. The number of nitrogens with one attached hydrogen (secondary N) is 1. The van der Waals surface area contributed by atoms with Gasteiger partial charge in [-0.05, 0) is 50.0 Å². The minimum Gasteiger partial charge on any atom is -0.353 e. The Labute approximate surface area is 174 Å². The highest BCUT2D eigenvalue weighted by atomic mass is 35.5. The van der Waals surface area contributed by atoms with Crippen molar-refractivity contribution in [1.82, 2.24) is 10.2 Å². The second kappa shape index (κ2) is 9.28. The summed E-state index contributed by atoms with van der Waals surface area (Å²) in [6.45, 7) is 1.27. The lowest BCUT2D eigenvalue weighted by molar-refractivity contribution is -0.122. The lowest BCUT2D eigenvalue weighted by Gasteiger charge is -2.30. The van der Waals surface area contributed by atoms with E-state index in [1.807, 2.05) is 61.5 Å². The summed E-state index contributed by atoms with van der Waals surface area (Å²) >= 11 is 7.36. The molecule has 0 unspecified atom stereocenters. The van der Waals surface area contributed by atoms with Crippen LogP contribution < -0.4 is 10.2 Å². The first-order valence-electron chi connectivity index (χ1n) is 8.91. The molecular weight excluding hydrogens is 394 g/mol. The molecule has 0 bridgehead atoms. The number of carbonyl (C=O) groups is 2. The quantitative estimate of drug-likeness (QED) is 0.734. The number of para-hydroxylation sites is 1. The summed E-state index contributed by atoms with van der Waals surface area (Å²) < 4.78 is 0. The molecule has 146 valence electrons. The highest BCUT2D eigenvalue weighted by molar-refractivity contribution is 8.04. The van der Waals surface area contributed by atoms with E-state index in [4.69, 9.17) is 11.6 Å². The zero-order valence-electron chi connectivity index (χ0n) is 15.8. The maximum atomic E-state index is 13.1. The molecule has 2 aromatic carbocycles. The molecule has 1 heterocycles. The summed E-state index contributed by atoms with van der Waals surface area (Å²) in [6.07, 6.45) is 1.83. The van der Waals surface area contributed by atoms with Crippen LogP contribution in [-0.4, -0.2) is 50.4 Å². The Morgan fingerprint density at radius 2 is 1.89 bits per heavy atom. The normalized spacial score (nSPS) is 15.1. The Bertz CT molecular complexity index is 897. The van der Waals surface area contributed by atoms with Crippen LogP contribution in [0.3, 0.4) is 0 Å². The third-order valence-corrected chi connectivity index (χ3v) is 5.51. The maximum absolute atomic E-state index is 13.1. The molecule has 7 heteroatoms. The second-order valence-corrected chi connectivity index (χ2v) is 8.19. The fourth-order valence-corrected chi connectivity index (χ4v) is 3.93. The van der Waals surface area contributed by atoms with Crippen LogP contribution in [0.4, 0.5) is 5.69 Å². The van der Waals surface area contributed by atoms with Gasteiger partial charge in [0.2, 0.25) is 5.91 Å². The van der Waals surface area contributed by atoms with Gasteiger partial charge < -0.3 is 10.2 Å². The molecular formula is C21H22ClN3O2S. The van der Waals surface area contributed by atoms with Crippen LogP contribution in [0.1, 0.15) is 5.56 Å². The van der Waals surface area contributed by atoms with Crippen LogP contribution in [0.25, 0.3) is 6.08 Å². The van der Waals surface area contributed by atoms with Gasteiger partial charge in [0.1, 0.15) is 6.54 Å². The van der Waals surface area contributed by atoms with Crippen LogP contribution in [0, 0.1) is 0 Å². The van der Waals surface area contributed by atoms with Crippen LogP contribution in [-0.2, 0) is 9.59 Å². The number of hydrogen-bond acceptors (Lipinski definition) is 4. The average molecular weight is 416 g/mol. The van der Waals surface area contributed by atoms with Gasteiger partial charge in [-0.1, -0.05) is 47.6 Å². The van der Waals surface area contributed by atoms with E-state index in [0.29, 0.717) is 16.5 Å². The summed E-state index contributed by atoms with van der Waals surface area (Å²) in [4.78, 5) is 30.5. The predicted molar refractivity (Wildman–Crippen MR) is 116 cm³/mol. The van der Waals surface area contributed by atoms with Crippen LogP contribution in [0.5, 0.6) is 0 Å². The van der Waals surface area contributed by atoms with E-state index in [1.54, 1.807) is 17.0 Å². The van der Waals surface area contributed by atoms with Gasteiger partial charge in [-0.15, -0.1) is 0 Å². The minimum absolute atomic E-state index is 0.0121. The van der Waals surface area contributed by atoms with Gasteiger partial charge >= 0.3 is 0 Å². The van der Waals surface area contributed by atoms with Crippen molar-refractivity contribution >= 4 is 46.9 Å². The predicted octanol–water partition coefficient (Wildman–Crippen LogP) is 3.50. The number of likely N-dealkylation sites (N-methyl/N-ethyl adjacent to an activating group) is 1. The number of benzene rings is 2. The van der Waals surface area contributed by atoms with E-state index in [2.05, 4.69) is 5.32 Å². The van der Waals surface area contributed by atoms with E-state index in [1.165, 1.54) is 11.8 Å². The molecule has 0 radical (unpaired) electrons. The van der Waals surface area contributed by atoms with E-state index in [0.717, 1.165) is 22.7 Å². The lowest BCUT2D eigenvalue weighted by Crippen LogP contribution is -2.43. The standard InChI is InChI=1S/C21H22ClN3O2S/c1-24(2)12-11-23-20(26)14-25-17-5-3-4-6-18(17)28-19(21(25)27)13-15-7-9-16(22)10-8-15/h3-10,13H,11-12,14H2,1-2H3,(H,23,26)/b19-13+. The summed E-state index contributed by atoms with van der Waals surface area (Å²) in [7, 11) is 3.89. The number of fused-ring (bicyclic) bond motifs is 1. The molecule has 1 aliphatic rings. The van der Waals surface area contributed by atoms with Crippen molar-refractivity contribution in [2.45, 2.75) is 4.90 Å². The van der Waals surface area contributed by atoms with Crippen LogP contribution in [0.15, 0.2) is 58.3 Å². The summed E-state index contributed by atoms with van der Waals surface area (Å²) in [5, 5.41) is 3.51. The van der Waals surface area contributed by atoms with Crippen LogP contribution in [0.2, 0.25) is 5.02 Å². The van der Waals surface area contributed by atoms with Crippen molar-refractivity contribution in [2.24, 2.45) is 0 Å². The lowest BCUT2D eigenvalue weighted by atomic mass is 10.2. The molecule has 2 aromatic rings. The Morgan fingerprint density at radius 1 is 1.18 bits per heavy atom. The van der Waals surface area contributed by atoms with Crippen molar-refractivity contribution in [3.05, 3.63) is 64.0 Å². The number of carbonyl (C=O) groups excluding carboxylic acids is 2. The van der Waals surface area contributed by atoms with E-state index >= 15 is 0 Å². The van der Waals surface area contributed by atoms with Crippen molar-refractivity contribution in [2.75, 3.05) is 38.6 Å². The van der Waals surface area contributed by atoms with Gasteiger partial charge in [0.05, 0.1) is 10.6 Å². The Morgan fingerprint density at radius 3 is 2.61 bits per heavy atom. The summed E-state index contributed by atoms with van der Waals surface area (Å²) in [5.41, 5.74) is 1.64. The first-order valence-corrected chi connectivity index (χ1v) is 10.1. The molecule has 0 atom stereocenters. The highest BCUT2D eigenvalue weighted by Gasteiger charge is 2.30. The molecule has 1 aliphatic heterocycles. The summed E-state index contributed by atoms with van der Waals surface area (Å²) in [5.74, 6) is -0.357. The second-order valence-electron chi connectivity index (χ2n) is 6.67. The smallest absolute Gasteiger partial charge is 0.265 e. The van der Waals surface area contributed by atoms with Crippen molar-refractivity contribution in [3.8, 4) is 0 Å². The molecule has 0 fully saturated rings. The molecule has 28 heavy (non-hydrogen) atoms. The van der Waals surface area contributed by atoms with Crippen molar-refractivity contribution in [1.29, 1.82) is 0 Å². The number of rotatable bonds is 6. The third-order valence-electron chi connectivity index (χ3n) is 4.18. The van der Waals surface area contributed by atoms with E-state index in [-0.39, 0.29) is 18.4 Å². The van der Waals surface area contributed by atoms with Gasteiger partial charge in [0.25, 0.3) is 5.91 Å². The van der Waals surface area contributed by atoms with Crippen molar-refractivity contribution in [3.63, 3.8) is 0 Å². The molecule has 0 aliphatic carbocycles. The number of halogens is 1. The van der Waals surface area contributed by atoms with Gasteiger partial charge in [0, 0.05) is 23.0 Å². The van der Waals surface area contributed by atoms with Crippen molar-refractivity contribution < 1.29 is 9.59 Å². The third kappa shape index (κ3) is 5.16. The monoisotopic (exact) mass is 415 g/mol. The maximum Gasteiger partial charge on any atom is 0.265 e. The van der Waals surface area contributed by atoms with Crippen LogP contribution >= 0.6 is 23.4 Å². The number of nitrogens with zero attached hydrogens (tertiary/aromatic N) is 2.